The Hall–Kier alpha value is -0.630. The van der Waals surface area contributed by atoms with Gasteiger partial charge >= 0.3 is 0 Å². The molecule has 0 radical (unpaired) electrons. The largest absolute Gasteiger partial charge is 0.393 e. The van der Waals surface area contributed by atoms with Crippen LogP contribution in [0.3, 0.4) is 0 Å². The summed E-state index contributed by atoms with van der Waals surface area (Å²) < 4.78 is 0. The molecule has 2 heteroatoms. The first kappa shape index (κ1) is 12.8. The fourth-order valence-corrected chi connectivity index (χ4v) is 3.69. The summed E-state index contributed by atoms with van der Waals surface area (Å²) >= 11 is 0. The molecular formula is C15H24O2. The number of aliphatic hydroxyl groups is 1. The van der Waals surface area contributed by atoms with E-state index in [4.69, 9.17) is 0 Å². The molecule has 2 fully saturated rings. The number of allylic oxidation sites excluding steroid dienone is 2. The molecule has 96 valence electrons. The van der Waals surface area contributed by atoms with Gasteiger partial charge in [-0.05, 0) is 55.9 Å². The molecule has 1 N–H and O–H groups in total. The highest BCUT2D eigenvalue weighted by Gasteiger charge is 2.50. The summed E-state index contributed by atoms with van der Waals surface area (Å²) in [6, 6.07) is 0. The lowest BCUT2D eigenvalue weighted by molar-refractivity contribution is -0.128. The minimum atomic E-state index is -0.279. The Kier molecular flexibility index (Phi) is 3.19. The summed E-state index contributed by atoms with van der Waals surface area (Å²) in [4.78, 5) is 12.1. The molecule has 0 bridgehead atoms. The quantitative estimate of drug-likeness (QED) is 0.656. The zero-order valence-electron chi connectivity index (χ0n) is 11.4. The standard InChI is InChI=1S/C15H24O2/c1-9(2)11-8-15(4)10(3)5-6-13(16)12(15)7-14(11)17/h10,12-13,16H,5-8H2,1-4H3/t10-,12+,13+,15+/m0/s1. The third kappa shape index (κ3) is 1.97. The van der Waals surface area contributed by atoms with Crippen LogP contribution in [0, 0.1) is 17.3 Å². The van der Waals surface area contributed by atoms with Crippen LogP contribution >= 0.6 is 0 Å². The van der Waals surface area contributed by atoms with Gasteiger partial charge in [-0.15, -0.1) is 0 Å². The van der Waals surface area contributed by atoms with Gasteiger partial charge in [0.15, 0.2) is 5.78 Å². The SMILES string of the molecule is CC(C)=C1C[C@@]2(C)[C@H](CC1=O)[C@H](O)CC[C@@H]2C. The average Bonchev–Trinajstić information content (AvgIpc) is 2.26. The van der Waals surface area contributed by atoms with Crippen LogP contribution in [0.25, 0.3) is 0 Å². The molecule has 0 aromatic carbocycles. The first-order valence-corrected chi connectivity index (χ1v) is 6.74. The van der Waals surface area contributed by atoms with E-state index in [1.807, 2.05) is 13.8 Å². The Morgan fingerprint density at radius 2 is 2.00 bits per heavy atom. The summed E-state index contributed by atoms with van der Waals surface area (Å²) in [6.07, 6.45) is 3.07. The number of Topliss-reactive ketones (excluding diaryl/α,β-unsaturated/α-hetero) is 1. The van der Waals surface area contributed by atoms with Crippen LogP contribution in [0.5, 0.6) is 0 Å². The molecule has 0 aromatic rings. The molecule has 2 nitrogen and oxygen atoms in total. The Morgan fingerprint density at radius 3 is 2.59 bits per heavy atom. The van der Waals surface area contributed by atoms with Crippen molar-refractivity contribution in [3.63, 3.8) is 0 Å². The maximum absolute atomic E-state index is 12.1. The van der Waals surface area contributed by atoms with Crippen LogP contribution in [0.1, 0.15) is 53.4 Å². The Labute approximate surface area is 104 Å². The molecule has 0 aliphatic heterocycles. The Morgan fingerprint density at radius 1 is 1.35 bits per heavy atom. The number of rotatable bonds is 0. The summed E-state index contributed by atoms with van der Waals surface area (Å²) in [5, 5.41) is 10.2. The predicted molar refractivity (Wildman–Crippen MR) is 68.6 cm³/mol. The van der Waals surface area contributed by atoms with E-state index in [2.05, 4.69) is 13.8 Å². The Balaban J connectivity index is 2.37. The number of carbonyl (C=O) groups is 1. The van der Waals surface area contributed by atoms with Gasteiger partial charge in [-0.3, -0.25) is 4.79 Å². The third-order valence-corrected chi connectivity index (χ3v) is 5.24. The predicted octanol–water partition coefficient (Wildman–Crippen LogP) is 3.10. The van der Waals surface area contributed by atoms with E-state index in [1.54, 1.807) is 0 Å². The zero-order valence-corrected chi connectivity index (χ0v) is 11.4. The van der Waals surface area contributed by atoms with Crippen molar-refractivity contribution in [2.75, 3.05) is 0 Å². The van der Waals surface area contributed by atoms with Crippen LogP contribution < -0.4 is 0 Å². The van der Waals surface area contributed by atoms with Crippen LogP contribution in [-0.4, -0.2) is 17.0 Å². The highest BCUT2D eigenvalue weighted by Crippen LogP contribution is 2.53. The molecule has 0 saturated heterocycles. The molecule has 0 spiro atoms. The normalized spacial score (nSPS) is 42.3. The summed E-state index contributed by atoms with van der Waals surface area (Å²) in [5.74, 6) is 1.03. The highest BCUT2D eigenvalue weighted by molar-refractivity contribution is 5.97. The summed E-state index contributed by atoms with van der Waals surface area (Å²) in [5.41, 5.74) is 2.28. The van der Waals surface area contributed by atoms with Crippen molar-refractivity contribution in [2.24, 2.45) is 17.3 Å². The lowest BCUT2D eigenvalue weighted by Gasteiger charge is -2.51. The molecule has 17 heavy (non-hydrogen) atoms. The van der Waals surface area contributed by atoms with Gasteiger partial charge < -0.3 is 5.11 Å². The fraction of sp³-hybridized carbons (Fsp3) is 0.800. The molecule has 2 aliphatic rings. The second-order valence-electron chi connectivity index (χ2n) is 6.44. The minimum Gasteiger partial charge on any atom is -0.393 e. The van der Waals surface area contributed by atoms with E-state index < -0.39 is 0 Å². The van der Waals surface area contributed by atoms with Gasteiger partial charge in [0, 0.05) is 6.42 Å². The number of hydrogen-bond donors (Lipinski definition) is 1. The molecule has 2 saturated carbocycles. The van der Waals surface area contributed by atoms with Gasteiger partial charge in [0.1, 0.15) is 0 Å². The maximum atomic E-state index is 12.1. The molecule has 0 unspecified atom stereocenters. The first-order chi connectivity index (χ1) is 7.86. The molecule has 0 amide bonds. The van der Waals surface area contributed by atoms with E-state index in [0.717, 1.165) is 30.4 Å². The number of fused-ring (bicyclic) bond motifs is 1. The van der Waals surface area contributed by atoms with Gasteiger partial charge in [0.25, 0.3) is 0 Å². The van der Waals surface area contributed by atoms with Crippen molar-refractivity contribution in [3.05, 3.63) is 11.1 Å². The molecular weight excluding hydrogens is 212 g/mol. The summed E-state index contributed by atoms with van der Waals surface area (Å²) in [6.45, 7) is 8.60. The minimum absolute atomic E-state index is 0.109. The lowest BCUT2D eigenvalue weighted by Crippen LogP contribution is -2.49. The van der Waals surface area contributed by atoms with Crippen molar-refractivity contribution in [1.82, 2.24) is 0 Å². The van der Waals surface area contributed by atoms with Crippen LogP contribution in [0.2, 0.25) is 0 Å². The van der Waals surface area contributed by atoms with Crippen molar-refractivity contribution >= 4 is 5.78 Å². The van der Waals surface area contributed by atoms with Gasteiger partial charge in [0.2, 0.25) is 0 Å². The van der Waals surface area contributed by atoms with Gasteiger partial charge in [-0.25, -0.2) is 0 Å². The molecule has 2 rings (SSSR count). The zero-order chi connectivity index (χ0) is 12.8. The van der Waals surface area contributed by atoms with Gasteiger partial charge in [-0.1, -0.05) is 19.4 Å². The van der Waals surface area contributed by atoms with Crippen molar-refractivity contribution in [3.8, 4) is 0 Å². The second-order valence-corrected chi connectivity index (χ2v) is 6.44. The first-order valence-electron chi connectivity index (χ1n) is 6.74. The fourth-order valence-electron chi connectivity index (χ4n) is 3.69. The Bertz CT molecular complexity index is 365. The van der Waals surface area contributed by atoms with Crippen molar-refractivity contribution in [2.45, 2.75) is 59.5 Å². The average molecular weight is 236 g/mol. The van der Waals surface area contributed by atoms with E-state index in [9.17, 15) is 9.90 Å². The number of hydrogen-bond acceptors (Lipinski definition) is 2. The molecule has 0 aromatic heterocycles. The van der Waals surface area contributed by atoms with E-state index >= 15 is 0 Å². The van der Waals surface area contributed by atoms with Crippen LogP contribution in [0.4, 0.5) is 0 Å². The van der Waals surface area contributed by atoms with Crippen molar-refractivity contribution < 1.29 is 9.90 Å². The van der Waals surface area contributed by atoms with Crippen LogP contribution in [0.15, 0.2) is 11.1 Å². The van der Waals surface area contributed by atoms with E-state index in [0.29, 0.717) is 12.3 Å². The number of ketones is 1. The van der Waals surface area contributed by atoms with E-state index in [1.165, 1.54) is 0 Å². The molecule has 4 atom stereocenters. The second kappa shape index (κ2) is 4.24. The van der Waals surface area contributed by atoms with Gasteiger partial charge in [0.05, 0.1) is 6.10 Å². The molecule has 2 aliphatic carbocycles. The lowest BCUT2D eigenvalue weighted by atomic mass is 9.53. The van der Waals surface area contributed by atoms with E-state index in [-0.39, 0.29) is 23.2 Å². The summed E-state index contributed by atoms with van der Waals surface area (Å²) in [7, 11) is 0. The topological polar surface area (TPSA) is 37.3 Å². The molecule has 0 heterocycles. The number of carbonyl (C=O) groups excluding carboxylic acids is 1. The third-order valence-electron chi connectivity index (χ3n) is 5.24. The van der Waals surface area contributed by atoms with Gasteiger partial charge in [-0.2, -0.15) is 0 Å². The van der Waals surface area contributed by atoms with Crippen LogP contribution in [-0.2, 0) is 4.79 Å². The maximum Gasteiger partial charge on any atom is 0.159 e. The highest BCUT2D eigenvalue weighted by atomic mass is 16.3. The van der Waals surface area contributed by atoms with Crippen molar-refractivity contribution in [1.29, 1.82) is 0 Å². The smallest absolute Gasteiger partial charge is 0.159 e. The monoisotopic (exact) mass is 236 g/mol. The number of aliphatic hydroxyl groups excluding tert-OH is 1.